The van der Waals surface area contributed by atoms with Crippen LogP contribution in [0.4, 0.5) is 5.82 Å². The number of benzene rings is 1. The van der Waals surface area contributed by atoms with Gasteiger partial charge in [-0.15, -0.1) is 0 Å². The predicted molar refractivity (Wildman–Crippen MR) is 103 cm³/mol. The molecule has 0 N–H and O–H groups in total. The molecule has 1 atom stereocenters. The van der Waals surface area contributed by atoms with Crippen molar-refractivity contribution in [1.82, 2.24) is 14.9 Å². The smallest absolute Gasteiger partial charge is 0.223 e. The van der Waals surface area contributed by atoms with Crippen molar-refractivity contribution in [3.63, 3.8) is 0 Å². The van der Waals surface area contributed by atoms with Gasteiger partial charge in [-0.25, -0.2) is 9.97 Å². The van der Waals surface area contributed by atoms with Crippen LogP contribution in [-0.4, -0.2) is 61.2 Å². The molecule has 1 unspecified atom stereocenters. The Labute approximate surface area is 159 Å². The molecule has 0 aliphatic carbocycles. The van der Waals surface area contributed by atoms with Crippen molar-refractivity contribution < 1.29 is 14.3 Å². The third-order valence-electron chi connectivity index (χ3n) is 4.66. The number of carbonyl (C=O) groups is 1. The molecule has 2 heterocycles. The lowest BCUT2D eigenvalue weighted by Crippen LogP contribution is -2.31. The molecule has 1 aliphatic rings. The van der Waals surface area contributed by atoms with Gasteiger partial charge in [0.2, 0.25) is 11.8 Å². The van der Waals surface area contributed by atoms with Crippen LogP contribution in [0.25, 0.3) is 0 Å². The van der Waals surface area contributed by atoms with E-state index in [9.17, 15) is 4.79 Å². The molecule has 27 heavy (non-hydrogen) atoms. The molecule has 144 valence electrons. The standard InChI is InChI=1S/C20H26N4O3/c1-23(2)18-12-19(22-14-21-18)27-17-10-11-24(13-17)20(25)9-6-15-4-7-16(26-3)8-5-15/h4-5,7-8,12,14,17H,6,9-11,13H2,1-3H3. The maximum atomic E-state index is 12.5. The van der Waals surface area contributed by atoms with Gasteiger partial charge in [-0.3, -0.25) is 4.79 Å². The zero-order valence-corrected chi connectivity index (χ0v) is 16.1. The first-order valence-corrected chi connectivity index (χ1v) is 9.12. The van der Waals surface area contributed by atoms with Gasteiger partial charge in [0.05, 0.1) is 13.7 Å². The summed E-state index contributed by atoms with van der Waals surface area (Å²) >= 11 is 0. The summed E-state index contributed by atoms with van der Waals surface area (Å²) < 4.78 is 11.1. The molecule has 3 rings (SSSR count). The van der Waals surface area contributed by atoms with Crippen molar-refractivity contribution in [1.29, 1.82) is 0 Å². The first kappa shape index (κ1) is 18.9. The third-order valence-corrected chi connectivity index (χ3v) is 4.66. The van der Waals surface area contributed by atoms with Crippen LogP contribution in [0.5, 0.6) is 11.6 Å². The zero-order chi connectivity index (χ0) is 19.2. The Morgan fingerprint density at radius 3 is 2.74 bits per heavy atom. The lowest BCUT2D eigenvalue weighted by Gasteiger charge is -2.17. The topological polar surface area (TPSA) is 67.8 Å². The van der Waals surface area contributed by atoms with Crippen molar-refractivity contribution >= 4 is 11.7 Å². The van der Waals surface area contributed by atoms with Gasteiger partial charge in [0.15, 0.2) is 0 Å². The fourth-order valence-corrected chi connectivity index (χ4v) is 3.06. The Hall–Kier alpha value is -2.83. The van der Waals surface area contributed by atoms with Crippen LogP contribution in [0.15, 0.2) is 36.7 Å². The van der Waals surface area contributed by atoms with Crippen molar-refractivity contribution in [2.75, 3.05) is 39.2 Å². The molecule has 7 nitrogen and oxygen atoms in total. The summed E-state index contributed by atoms with van der Waals surface area (Å²) in [5, 5.41) is 0. The summed E-state index contributed by atoms with van der Waals surface area (Å²) in [5.74, 6) is 2.33. The van der Waals surface area contributed by atoms with Crippen LogP contribution < -0.4 is 14.4 Å². The number of aromatic nitrogens is 2. The van der Waals surface area contributed by atoms with Gasteiger partial charge in [0.25, 0.3) is 0 Å². The van der Waals surface area contributed by atoms with Crippen molar-refractivity contribution in [2.24, 2.45) is 0 Å². The van der Waals surface area contributed by atoms with Crippen molar-refractivity contribution in [3.8, 4) is 11.6 Å². The Bertz CT molecular complexity index is 764. The van der Waals surface area contributed by atoms with Gasteiger partial charge in [-0.05, 0) is 24.1 Å². The van der Waals surface area contributed by atoms with E-state index in [4.69, 9.17) is 9.47 Å². The van der Waals surface area contributed by atoms with E-state index in [0.717, 1.165) is 36.5 Å². The fourth-order valence-electron chi connectivity index (χ4n) is 3.06. The van der Waals surface area contributed by atoms with Crippen LogP contribution >= 0.6 is 0 Å². The fraction of sp³-hybridized carbons (Fsp3) is 0.450. The number of hydrogen-bond donors (Lipinski definition) is 0. The Morgan fingerprint density at radius 1 is 1.26 bits per heavy atom. The molecule has 1 amide bonds. The highest BCUT2D eigenvalue weighted by molar-refractivity contribution is 5.76. The highest BCUT2D eigenvalue weighted by Gasteiger charge is 2.27. The molecule has 1 saturated heterocycles. The number of amides is 1. The Balaban J connectivity index is 1.48. The average Bonchev–Trinajstić information content (AvgIpc) is 3.15. The highest BCUT2D eigenvalue weighted by Crippen LogP contribution is 2.20. The van der Waals surface area contributed by atoms with E-state index in [1.807, 2.05) is 54.2 Å². The van der Waals surface area contributed by atoms with Gasteiger partial charge < -0.3 is 19.3 Å². The average molecular weight is 370 g/mol. The monoisotopic (exact) mass is 370 g/mol. The molecule has 2 aromatic rings. The first-order valence-electron chi connectivity index (χ1n) is 9.12. The van der Waals surface area contributed by atoms with E-state index >= 15 is 0 Å². The number of carbonyl (C=O) groups excluding carboxylic acids is 1. The second-order valence-corrected chi connectivity index (χ2v) is 6.83. The molecule has 1 fully saturated rings. The lowest BCUT2D eigenvalue weighted by atomic mass is 10.1. The molecule has 0 bridgehead atoms. The van der Waals surface area contributed by atoms with Gasteiger partial charge in [-0.2, -0.15) is 0 Å². The third kappa shape index (κ3) is 5.09. The maximum Gasteiger partial charge on any atom is 0.223 e. The molecule has 1 aromatic carbocycles. The molecular formula is C20H26N4O3. The summed E-state index contributed by atoms with van der Waals surface area (Å²) in [6, 6.07) is 9.65. The second kappa shape index (κ2) is 8.70. The van der Waals surface area contributed by atoms with Gasteiger partial charge in [0.1, 0.15) is 24.0 Å². The number of rotatable bonds is 7. The zero-order valence-electron chi connectivity index (χ0n) is 16.1. The minimum atomic E-state index is -0.0279. The van der Waals surface area contributed by atoms with Crippen LogP contribution in [0.1, 0.15) is 18.4 Å². The number of anilines is 1. The summed E-state index contributed by atoms with van der Waals surface area (Å²) in [6.07, 6.45) is 3.51. The molecule has 1 aliphatic heterocycles. The van der Waals surface area contributed by atoms with Crippen molar-refractivity contribution in [2.45, 2.75) is 25.4 Å². The number of likely N-dealkylation sites (tertiary alicyclic amines) is 1. The number of aryl methyl sites for hydroxylation is 1. The van der Waals surface area contributed by atoms with E-state index in [1.54, 1.807) is 7.11 Å². The summed E-state index contributed by atoms with van der Waals surface area (Å²) in [7, 11) is 5.49. The first-order chi connectivity index (χ1) is 13.0. The maximum absolute atomic E-state index is 12.5. The number of methoxy groups -OCH3 is 1. The molecular weight excluding hydrogens is 344 g/mol. The quantitative estimate of drug-likeness (QED) is 0.744. The van der Waals surface area contributed by atoms with Gasteiger partial charge in [0, 0.05) is 39.5 Å². The highest BCUT2D eigenvalue weighted by atomic mass is 16.5. The van der Waals surface area contributed by atoms with Crippen LogP contribution in [-0.2, 0) is 11.2 Å². The molecule has 0 radical (unpaired) electrons. The SMILES string of the molecule is COc1ccc(CCC(=O)N2CCC(Oc3cc(N(C)C)ncn3)C2)cc1. The predicted octanol–water partition coefficient (Wildman–Crippen LogP) is 2.16. The number of nitrogens with zero attached hydrogens (tertiary/aromatic N) is 4. The lowest BCUT2D eigenvalue weighted by molar-refractivity contribution is -0.130. The largest absolute Gasteiger partial charge is 0.497 e. The molecule has 0 saturated carbocycles. The van der Waals surface area contributed by atoms with E-state index in [0.29, 0.717) is 18.8 Å². The van der Waals surface area contributed by atoms with Gasteiger partial charge >= 0.3 is 0 Å². The summed E-state index contributed by atoms with van der Waals surface area (Å²) in [4.78, 5) is 24.6. The summed E-state index contributed by atoms with van der Waals surface area (Å²) in [5.41, 5.74) is 1.13. The molecule has 1 aromatic heterocycles. The Morgan fingerprint density at radius 2 is 2.04 bits per heavy atom. The number of hydrogen-bond acceptors (Lipinski definition) is 6. The van der Waals surface area contributed by atoms with E-state index in [-0.39, 0.29) is 12.0 Å². The van der Waals surface area contributed by atoms with E-state index < -0.39 is 0 Å². The van der Waals surface area contributed by atoms with Crippen molar-refractivity contribution in [3.05, 3.63) is 42.2 Å². The van der Waals surface area contributed by atoms with Crippen LogP contribution in [0.3, 0.4) is 0 Å². The van der Waals surface area contributed by atoms with E-state index in [2.05, 4.69) is 9.97 Å². The minimum Gasteiger partial charge on any atom is -0.497 e. The molecule has 0 spiro atoms. The van der Waals surface area contributed by atoms with Crippen LogP contribution in [0.2, 0.25) is 0 Å². The minimum absolute atomic E-state index is 0.0279. The normalized spacial score (nSPS) is 16.3. The molecule has 7 heteroatoms. The Kier molecular flexibility index (Phi) is 6.11. The summed E-state index contributed by atoms with van der Waals surface area (Å²) in [6.45, 7) is 1.32. The van der Waals surface area contributed by atoms with E-state index in [1.165, 1.54) is 6.33 Å². The second-order valence-electron chi connectivity index (χ2n) is 6.83. The number of ether oxygens (including phenoxy) is 2. The van der Waals surface area contributed by atoms with Gasteiger partial charge in [-0.1, -0.05) is 12.1 Å². The van der Waals surface area contributed by atoms with Crippen LogP contribution in [0, 0.1) is 0 Å².